The van der Waals surface area contributed by atoms with Crippen molar-refractivity contribution >= 4 is 15.9 Å². The number of nitrogens with two attached hydrogens (primary N) is 1. The lowest BCUT2D eigenvalue weighted by molar-refractivity contribution is -0.136. The van der Waals surface area contributed by atoms with Gasteiger partial charge >= 0.3 is 6.18 Å². The van der Waals surface area contributed by atoms with Crippen LogP contribution in [0.15, 0.2) is 22.7 Å². The van der Waals surface area contributed by atoms with Crippen molar-refractivity contribution in [2.24, 2.45) is 5.73 Å². The highest BCUT2D eigenvalue weighted by Crippen LogP contribution is 2.25. The van der Waals surface area contributed by atoms with Crippen LogP contribution < -0.4 is 10.5 Å². The quantitative estimate of drug-likeness (QED) is 0.735. The zero-order chi connectivity index (χ0) is 15.2. The molecule has 1 unspecified atom stereocenters. The lowest BCUT2D eigenvalue weighted by atomic mass is 10.0. The van der Waals surface area contributed by atoms with E-state index in [1.165, 1.54) is 0 Å². The molecule has 114 valence electrons. The van der Waals surface area contributed by atoms with Crippen molar-refractivity contribution in [3.63, 3.8) is 0 Å². The summed E-state index contributed by atoms with van der Waals surface area (Å²) in [5.41, 5.74) is 6.91. The van der Waals surface area contributed by atoms with Gasteiger partial charge in [-0.05, 0) is 43.0 Å². The van der Waals surface area contributed by atoms with Gasteiger partial charge < -0.3 is 10.5 Å². The zero-order valence-electron chi connectivity index (χ0n) is 11.3. The molecule has 0 aliphatic rings. The van der Waals surface area contributed by atoms with Crippen LogP contribution in [0.3, 0.4) is 0 Å². The maximum Gasteiger partial charge on any atom is 0.389 e. The molecule has 1 aromatic rings. The summed E-state index contributed by atoms with van der Waals surface area (Å²) in [6.45, 7) is 2.07. The summed E-state index contributed by atoms with van der Waals surface area (Å²) in [6, 6.07) is 5.45. The Kier molecular flexibility index (Phi) is 6.82. The van der Waals surface area contributed by atoms with E-state index in [4.69, 9.17) is 10.5 Å². The molecule has 0 heterocycles. The topological polar surface area (TPSA) is 35.2 Å². The Morgan fingerprint density at radius 1 is 1.35 bits per heavy atom. The predicted octanol–water partition coefficient (Wildman–Crippen LogP) is 4.45. The van der Waals surface area contributed by atoms with E-state index in [1.54, 1.807) is 6.07 Å². The summed E-state index contributed by atoms with van der Waals surface area (Å²) in [5.74, 6) is 0.577. The fourth-order valence-electron chi connectivity index (χ4n) is 1.69. The van der Waals surface area contributed by atoms with Crippen molar-refractivity contribution in [1.82, 2.24) is 0 Å². The minimum atomic E-state index is -4.12. The molecule has 1 aromatic carbocycles. The fourth-order valence-corrected chi connectivity index (χ4v) is 2.10. The summed E-state index contributed by atoms with van der Waals surface area (Å²) in [4.78, 5) is 0. The summed E-state index contributed by atoms with van der Waals surface area (Å²) in [6.07, 6.45) is -3.41. The molecule has 1 rings (SSSR count). The Morgan fingerprint density at radius 2 is 2.05 bits per heavy atom. The van der Waals surface area contributed by atoms with E-state index >= 15 is 0 Å². The SMILES string of the molecule is CCC(N)Cc1cc(OCCCC(F)(F)F)ccc1Br. The van der Waals surface area contributed by atoms with Crippen LogP contribution in [-0.4, -0.2) is 18.8 Å². The molecule has 6 heteroatoms. The van der Waals surface area contributed by atoms with Crippen LogP contribution >= 0.6 is 15.9 Å². The van der Waals surface area contributed by atoms with Gasteiger partial charge in [-0.3, -0.25) is 0 Å². The van der Waals surface area contributed by atoms with Crippen LogP contribution in [0.25, 0.3) is 0 Å². The number of hydrogen-bond donors (Lipinski definition) is 1. The van der Waals surface area contributed by atoms with Gasteiger partial charge in [0, 0.05) is 16.9 Å². The van der Waals surface area contributed by atoms with Crippen LogP contribution in [0, 0.1) is 0 Å². The number of rotatable bonds is 7. The van der Waals surface area contributed by atoms with Crippen molar-refractivity contribution < 1.29 is 17.9 Å². The molecule has 0 amide bonds. The lowest BCUT2D eigenvalue weighted by Gasteiger charge is -2.13. The Morgan fingerprint density at radius 3 is 2.65 bits per heavy atom. The Labute approximate surface area is 125 Å². The molecule has 0 fully saturated rings. The van der Waals surface area contributed by atoms with Crippen molar-refractivity contribution in [3.8, 4) is 5.75 Å². The highest BCUT2D eigenvalue weighted by molar-refractivity contribution is 9.10. The maximum atomic E-state index is 12.0. The first kappa shape index (κ1) is 17.3. The van der Waals surface area contributed by atoms with E-state index in [9.17, 15) is 13.2 Å². The highest BCUT2D eigenvalue weighted by atomic mass is 79.9. The van der Waals surface area contributed by atoms with Crippen LogP contribution in [0.5, 0.6) is 5.75 Å². The third-order valence-electron chi connectivity index (χ3n) is 2.90. The molecule has 0 saturated heterocycles. The van der Waals surface area contributed by atoms with Gasteiger partial charge in [0.1, 0.15) is 5.75 Å². The first-order valence-corrected chi connectivity index (χ1v) is 7.34. The minimum Gasteiger partial charge on any atom is -0.494 e. The Hall–Kier alpha value is -0.750. The van der Waals surface area contributed by atoms with E-state index < -0.39 is 12.6 Å². The molecule has 20 heavy (non-hydrogen) atoms. The van der Waals surface area contributed by atoms with E-state index in [0.29, 0.717) is 12.2 Å². The second-order valence-corrected chi connectivity index (χ2v) is 5.55. The molecule has 0 bridgehead atoms. The summed E-state index contributed by atoms with van der Waals surface area (Å²) in [7, 11) is 0. The van der Waals surface area contributed by atoms with Gasteiger partial charge in [0.2, 0.25) is 0 Å². The van der Waals surface area contributed by atoms with Crippen molar-refractivity contribution in [2.75, 3.05) is 6.61 Å². The molecule has 0 aliphatic heterocycles. The smallest absolute Gasteiger partial charge is 0.389 e. The normalized spacial score (nSPS) is 13.3. The Bertz CT molecular complexity index is 423. The molecule has 1 atom stereocenters. The summed E-state index contributed by atoms with van der Waals surface area (Å²) >= 11 is 3.44. The third-order valence-corrected chi connectivity index (χ3v) is 3.67. The van der Waals surface area contributed by atoms with Gasteiger partial charge in [0.15, 0.2) is 0 Å². The molecule has 0 radical (unpaired) electrons. The standard InChI is InChI=1S/C14H19BrF3NO/c1-2-11(19)8-10-9-12(4-5-13(10)15)20-7-3-6-14(16,17)18/h4-5,9,11H,2-3,6-8,19H2,1H3. The fraction of sp³-hybridized carbons (Fsp3) is 0.571. The largest absolute Gasteiger partial charge is 0.494 e. The monoisotopic (exact) mass is 353 g/mol. The van der Waals surface area contributed by atoms with Gasteiger partial charge in [-0.1, -0.05) is 22.9 Å². The molecule has 0 saturated carbocycles. The second-order valence-electron chi connectivity index (χ2n) is 4.69. The average molecular weight is 354 g/mol. The van der Waals surface area contributed by atoms with Gasteiger partial charge in [0.25, 0.3) is 0 Å². The molecular formula is C14H19BrF3NO. The average Bonchev–Trinajstić information content (AvgIpc) is 2.37. The first-order valence-electron chi connectivity index (χ1n) is 6.55. The van der Waals surface area contributed by atoms with E-state index in [-0.39, 0.29) is 19.1 Å². The van der Waals surface area contributed by atoms with Crippen LogP contribution in [-0.2, 0) is 6.42 Å². The maximum absolute atomic E-state index is 12.0. The minimum absolute atomic E-state index is 0.0383. The highest BCUT2D eigenvalue weighted by Gasteiger charge is 2.26. The molecular weight excluding hydrogens is 335 g/mol. The number of ether oxygens (including phenoxy) is 1. The summed E-state index contributed by atoms with van der Waals surface area (Å²) in [5, 5.41) is 0. The molecule has 0 spiro atoms. The number of hydrogen-bond acceptors (Lipinski definition) is 2. The van der Waals surface area contributed by atoms with Gasteiger partial charge in [-0.2, -0.15) is 13.2 Å². The van der Waals surface area contributed by atoms with Gasteiger partial charge in [0.05, 0.1) is 6.61 Å². The predicted molar refractivity (Wildman–Crippen MR) is 76.9 cm³/mol. The van der Waals surface area contributed by atoms with E-state index in [2.05, 4.69) is 15.9 Å². The molecule has 2 N–H and O–H groups in total. The number of benzene rings is 1. The summed E-state index contributed by atoms with van der Waals surface area (Å²) < 4.78 is 42.3. The van der Waals surface area contributed by atoms with Crippen LogP contribution in [0.4, 0.5) is 13.2 Å². The van der Waals surface area contributed by atoms with Crippen molar-refractivity contribution in [1.29, 1.82) is 0 Å². The Balaban J connectivity index is 2.52. The van der Waals surface area contributed by atoms with Crippen molar-refractivity contribution in [2.45, 2.75) is 44.8 Å². The zero-order valence-corrected chi connectivity index (χ0v) is 12.9. The number of halogens is 4. The van der Waals surface area contributed by atoms with Crippen LogP contribution in [0.2, 0.25) is 0 Å². The molecule has 2 nitrogen and oxygen atoms in total. The third kappa shape index (κ3) is 6.61. The van der Waals surface area contributed by atoms with E-state index in [1.807, 2.05) is 19.1 Å². The molecule has 0 aliphatic carbocycles. The van der Waals surface area contributed by atoms with Gasteiger partial charge in [-0.25, -0.2) is 0 Å². The second kappa shape index (κ2) is 7.88. The lowest BCUT2D eigenvalue weighted by Crippen LogP contribution is -2.21. The van der Waals surface area contributed by atoms with E-state index in [0.717, 1.165) is 16.5 Å². The number of alkyl halides is 3. The molecule has 0 aromatic heterocycles. The van der Waals surface area contributed by atoms with Gasteiger partial charge in [-0.15, -0.1) is 0 Å². The van der Waals surface area contributed by atoms with Crippen LogP contribution in [0.1, 0.15) is 31.7 Å². The first-order chi connectivity index (χ1) is 9.31. The van der Waals surface area contributed by atoms with Crippen molar-refractivity contribution in [3.05, 3.63) is 28.2 Å².